The van der Waals surface area contributed by atoms with Crippen LogP contribution in [0.5, 0.6) is 0 Å². The van der Waals surface area contributed by atoms with Gasteiger partial charge in [0.2, 0.25) is 0 Å². The summed E-state index contributed by atoms with van der Waals surface area (Å²) >= 11 is 0. The lowest BCUT2D eigenvalue weighted by molar-refractivity contribution is 0.207. The van der Waals surface area contributed by atoms with Crippen LogP contribution in [0.3, 0.4) is 0 Å². The van der Waals surface area contributed by atoms with Gasteiger partial charge in [0.05, 0.1) is 5.41 Å². The molecule has 3 aliphatic heterocycles. The molecule has 2 unspecified atom stereocenters. The van der Waals surface area contributed by atoms with Crippen LogP contribution in [0, 0.1) is 0 Å². The van der Waals surface area contributed by atoms with Crippen molar-refractivity contribution in [2.75, 3.05) is 16.8 Å². The molecule has 1 spiro atoms. The van der Waals surface area contributed by atoms with Gasteiger partial charge in [0.25, 0.3) is 0 Å². The minimum Gasteiger partial charge on any atom is -0.364 e. The highest BCUT2D eigenvalue weighted by atomic mass is 15.4. The number of rotatable bonds is 3. The van der Waals surface area contributed by atoms with Crippen molar-refractivity contribution in [3.63, 3.8) is 0 Å². The monoisotopic (exact) mass is 381 g/mol. The number of nitrogens with one attached hydrogen (secondary N) is 1. The fourth-order valence-electron chi connectivity index (χ4n) is 6.39. The van der Waals surface area contributed by atoms with E-state index in [0.717, 1.165) is 13.1 Å². The van der Waals surface area contributed by atoms with E-state index in [0.29, 0.717) is 18.2 Å². The van der Waals surface area contributed by atoms with E-state index in [-0.39, 0.29) is 5.41 Å². The van der Waals surface area contributed by atoms with Crippen LogP contribution in [0.15, 0.2) is 84.9 Å². The molecule has 1 N–H and O–H groups in total. The van der Waals surface area contributed by atoms with Gasteiger partial charge in [-0.25, -0.2) is 0 Å². The van der Waals surface area contributed by atoms with E-state index >= 15 is 0 Å². The lowest BCUT2D eigenvalue weighted by atomic mass is 9.74. The molecule has 3 heteroatoms. The van der Waals surface area contributed by atoms with Crippen LogP contribution in [0.2, 0.25) is 0 Å². The average Bonchev–Trinajstić information content (AvgIpc) is 3.36. The summed E-state index contributed by atoms with van der Waals surface area (Å²) in [5.74, 6) is 0. The van der Waals surface area contributed by atoms with Crippen LogP contribution in [0.1, 0.15) is 24.5 Å². The van der Waals surface area contributed by atoms with E-state index in [1.54, 1.807) is 0 Å². The second-order valence-electron chi connectivity index (χ2n) is 8.77. The predicted octanol–water partition coefficient (Wildman–Crippen LogP) is 4.86. The van der Waals surface area contributed by atoms with Crippen molar-refractivity contribution >= 4 is 11.4 Å². The zero-order valence-electron chi connectivity index (χ0n) is 16.8. The van der Waals surface area contributed by atoms with Gasteiger partial charge in [0.1, 0.15) is 6.17 Å². The van der Waals surface area contributed by atoms with E-state index in [2.05, 4.69) is 107 Å². The first-order valence-corrected chi connectivity index (χ1v) is 10.8. The van der Waals surface area contributed by atoms with E-state index < -0.39 is 0 Å². The second kappa shape index (κ2) is 6.36. The Labute approximate surface area is 173 Å². The Kier molecular flexibility index (Phi) is 3.75. The SMILES string of the molecule is C[C@@H]1C2N(Cc3ccccc3)CCC23c2ccccc2N[C@@H]3N1c1ccccc1. The van der Waals surface area contributed by atoms with Crippen molar-refractivity contribution in [3.05, 3.63) is 96.1 Å². The number of likely N-dealkylation sites (tertiary alicyclic amines) is 1. The van der Waals surface area contributed by atoms with E-state index in [1.807, 2.05) is 0 Å². The molecule has 0 bridgehead atoms. The minimum atomic E-state index is 0.140. The molecule has 0 aliphatic carbocycles. The third-order valence-electron chi connectivity index (χ3n) is 7.40. The fourth-order valence-corrected chi connectivity index (χ4v) is 6.39. The summed E-state index contributed by atoms with van der Waals surface area (Å²) < 4.78 is 0. The van der Waals surface area contributed by atoms with Gasteiger partial charge < -0.3 is 10.2 Å². The Morgan fingerprint density at radius 1 is 0.897 bits per heavy atom. The quantitative estimate of drug-likeness (QED) is 0.699. The van der Waals surface area contributed by atoms with E-state index in [4.69, 9.17) is 0 Å². The van der Waals surface area contributed by atoms with Crippen LogP contribution in [0.25, 0.3) is 0 Å². The van der Waals surface area contributed by atoms with Crippen molar-refractivity contribution in [1.29, 1.82) is 0 Å². The zero-order valence-corrected chi connectivity index (χ0v) is 16.8. The fraction of sp³-hybridized carbons (Fsp3) is 0.308. The summed E-state index contributed by atoms with van der Waals surface area (Å²) in [5.41, 5.74) is 5.69. The standard InChI is InChI=1S/C26H27N3/c1-19-24-26(16-17-28(24)18-20-10-4-2-5-11-20)22-14-8-9-15-23(22)27-25(26)29(19)21-12-6-3-7-13-21/h2-15,19,24-25,27H,16-18H2,1H3/t19-,24?,25-,26?/m1/s1. The molecule has 4 atom stereocenters. The molecule has 2 fully saturated rings. The molecule has 3 aromatic carbocycles. The highest BCUT2D eigenvalue weighted by molar-refractivity contribution is 5.70. The molecular weight excluding hydrogens is 354 g/mol. The molecule has 2 saturated heterocycles. The molecule has 0 aromatic heterocycles. The number of hydrogen-bond acceptors (Lipinski definition) is 3. The molecule has 3 aromatic rings. The number of nitrogens with zero attached hydrogens (tertiary/aromatic N) is 2. The molecule has 6 rings (SSSR count). The van der Waals surface area contributed by atoms with Crippen molar-refractivity contribution < 1.29 is 0 Å². The Morgan fingerprint density at radius 3 is 2.38 bits per heavy atom. The molecule has 29 heavy (non-hydrogen) atoms. The third-order valence-corrected chi connectivity index (χ3v) is 7.40. The average molecular weight is 382 g/mol. The van der Waals surface area contributed by atoms with Gasteiger partial charge in [-0.2, -0.15) is 0 Å². The zero-order chi connectivity index (χ0) is 19.4. The summed E-state index contributed by atoms with van der Waals surface area (Å²) in [5, 5.41) is 3.92. The maximum Gasteiger partial charge on any atom is 0.111 e. The Morgan fingerprint density at radius 2 is 1.59 bits per heavy atom. The molecule has 0 saturated carbocycles. The van der Waals surface area contributed by atoms with Gasteiger partial charge in [-0.05, 0) is 49.2 Å². The lowest BCUT2D eigenvalue weighted by Gasteiger charge is -2.34. The van der Waals surface area contributed by atoms with Gasteiger partial charge in [0.15, 0.2) is 0 Å². The summed E-state index contributed by atoms with van der Waals surface area (Å²) in [7, 11) is 0. The van der Waals surface area contributed by atoms with Gasteiger partial charge in [-0.3, -0.25) is 4.90 Å². The largest absolute Gasteiger partial charge is 0.364 e. The lowest BCUT2D eigenvalue weighted by Crippen LogP contribution is -2.45. The first-order valence-electron chi connectivity index (χ1n) is 10.8. The van der Waals surface area contributed by atoms with Crippen LogP contribution in [0.4, 0.5) is 11.4 Å². The first-order chi connectivity index (χ1) is 14.3. The number of benzene rings is 3. The van der Waals surface area contributed by atoms with Crippen molar-refractivity contribution in [3.8, 4) is 0 Å². The smallest absolute Gasteiger partial charge is 0.111 e. The number of fused-ring (bicyclic) bond motifs is 1. The summed E-state index contributed by atoms with van der Waals surface area (Å²) in [6, 6.07) is 31.8. The Bertz CT molecular complexity index is 1020. The van der Waals surface area contributed by atoms with Gasteiger partial charge >= 0.3 is 0 Å². The third kappa shape index (κ3) is 2.34. The van der Waals surface area contributed by atoms with Crippen LogP contribution >= 0.6 is 0 Å². The van der Waals surface area contributed by atoms with Gasteiger partial charge in [-0.1, -0.05) is 66.7 Å². The van der Waals surface area contributed by atoms with Crippen molar-refractivity contribution in [1.82, 2.24) is 4.90 Å². The number of hydrogen-bond donors (Lipinski definition) is 1. The minimum absolute atomic E-state index is 0.140. The Balaban J connectivity index is 1.46. The van der Waals surface area contributed by atoms with Crippen molar-refractivity contribution in [2.24, 2.45) is 0 Å². The van der Waals surface area contributed by atoms with Crippen LogP contribution in [-0.4, -0.2) is 29.7 Å². The highest BCUT2D eigenvalue weighted by Gasteiger charge is 2.66. The maximum atomic E-state index is 3.92. The highest BCUT2D eigenvalue weighted by Crippen LogP contribution is 2.58. The number of para-hydroxylation sites is 2. The second-order valence-corrected chi connectivity index (χ2v) is 8.77. The Hall–Kier alpha value is -2.78. The van der Waals surface area contributed by atoms with E-state index in [1.165, 1.54) is 28.9 Å². The van der Waals surface area contributed by atoms with Crippen LogP contribution < -0.4 is 10.2 Å². The summed E-state index contributed by atoms with van der Waals surface area (Å²) in [4.78, 5) is 5.38. The molecule has 3 nitrogen and oxygen atoms in total. The van der Waals surface area contributed by atoms with Crippen molar-refractivity contribution in [2.45, 2.75) is 43.6 Å². The first kappa shape index (κ1) is 17.1. The topological polar surface area (TPSA) is 18.5 Å². The molecule has 3 heterocycles. The summed E-state index contributed by atoms with van der Waals surface area (Å²) in [6.45, 7) is 4.60. The molecule has 146 valence electrons. The molecule has 3 aliphatic rings. The molecule has 0 radical (unpaired) electrons. The predicted molar refractivity (Wildman–Crippen MR) is 119 cm³/mol. The summed E-state index contributed by atoms with van der Waals surface area (Å²) in [6.07, 6.45) is 1.51. The van der Waals surface area contributed by atoms with Crippen LogP contribution in [-0.2, 0) is 12.0 Å². The maximum absolute atomic E-state index is 3.92. The van der Waals surface area contributed by atoms with E-state index in [9.17, 15) is 0 Å². The molecule has 0 amide bonds. The van der Waals surface area contributed by atoms with Gasteiger partial charge in [-0.15, -0.1) is 0 Å². The number of anilines is 2. The van der Waals surface area contributed by atoms with Gasteiger partial charge in [0, 0.05) is 30.0 Å². The molecular formula is C26H27N3. The normalized spacial score (nSPS) is 30.0.